The lowest BCUT2D eigenvalue weighted by Gasteiger charge is -2.01. The van der Waals surface area contributed by atoms with Gasteiger partial charge < -0.3 is 21.4 Å². The van der Waals surface area contributed by atoms with Crippen LogP contribution >= 0.6 is 15.9 Å². The van der Waals surface area contributed by atoms with Crippen molar-refractivity contribution in [2.45, 2.75) is 6.54 Å². The van der Waals surface area contributed by atoms with Gasteiger partial charge in [0.2, 0.25) is 6.33 Å². The number of imidazole rings is 1. The average Bonchev–Trinajstić information content (AvgIpc) is 3.37. The zero-order chi connectivity index (χ0) is 18.9. The van der Waals surface area contributed by atoms with Gasteiger partial charge in [-0.05, 0) is 42.5 Å². The van der Waals surface area contributed by atoms with Crippen LogP contribution in [0, 0.1) is 0 Å². The highest BCUT2D eigenvalue weighted by atomic mass is 79.9. The molecule has 0 fully saturated rings. The van der Waals surface area contributed by atoms with Crippen molar-refractivity contribution in [2.75, 3.05) is 0 Å². The Morgan fingerprint density at radius 1 is 0.897 bits per heavy atom. The Labute approximate surface area is 188 Å². The molecule has 0 amide bonds. The van der Waals surface area contributed by atoms with E-state index in [0.717, 1.165) is 39.0 Å². The molecule has 0 bridgehead atoms. The molecule has 0 aliphatic rings. The first-order valence-corrected chi connectivity index (χ1v) is 9.95. The first-order chi connectivity index (χ1) is 13.8. The van der Waals surface area contributed by atoms with Crippen LogP contribution in [0.2, 0.25) is 0 Å². The third-order valence-electron chi connectivity index (χ3n) is 4.88. The summed E-state index contributed by atoms with van der Waals surface area (Å²) in [5.74, 6) is 0.893. The van der Waals surface area contributed by atoms with Crippen LogP contribution in [0.4, 0.5) is 0 Å². The van der Waals surface area contributed by atoms with Gasteiger partial charge in [-0.2, -0.15) is 0 Å². The monoisotopic (exact) mass is 508 g/mol. The maximum absolute atomic E-state index is 5.97. The third-order valence-corrected chi connectivity index (χ3v) is 5.65. The quantitative estimate of drug-likeness (QED) is 0.341. The smallest absolute Gasteiger partial charge is 0.249 e. The molecule has 0 N–H and O–H groups in total. The number of hydrogen-bond donors (Lipinski definition) is 0. The molecule has 5 rings (SSSR count). The highest BCUT2D eigenvalue weighted by Gasteiger charge is 2.10. The number of aromatic nitrogens is 2. The summed E-state index contributed by atoms with van der Waals surface area (Å²) in [5, 5.41) is 1.13. The summed E-state index contributed by atoms with van der Waals surface area (Å²) < 4.78 is 11.4. The van der Waals surface area contributed by atoms with Crippen molar-refractivity contribution in [3.05, 3.63) is 108 Å². The van der Waals surface area contributed by atoms with Crippen molar-refractivity contribution in [1.29, 1.82) is 0 Å². The Bertz CT molecular complexity index is 1220. The van der Waals surface area contributed by atoms with Gasteiger partial charge in [-0.1, -0.05) is 52.3 Å². The van der Waals surface area contributed by atoms with Crippen LogP contribution in [0.1, 0.15) is 5.56 Å². The van der Waals surface area contributed by atoms with Crippen molar-refractivity contribution in [3.8, 4) is 17.0 Å². The third kappa shape index (κ3) is 4.07. The zero-order valence-corrected chi connectivity index (χ0v) is 18.7. The minimum Gasteiger partial charge on any atom is -1.00 e. The standard InChI is InChI=1S/C24H18BrN2O.BrH/c25-22-7-3-1-6-20(22)16-26-13-14-27(17-26)21-11-9-18(10-12-21)24-15-19-5-2-4-8-23(19)28-24;/h1-15,17H,16H2;1H/q+1;/p-1. The number of benzene rings is 3. The number of fused-ring (bicyclic) bond motifs is 1. The van der Waals surface area contributed by atoms with E-state index >= 15 is 0 Å². The summed E-state index contributed by atoms with van der Waals surface area (Å²) >= 11 is 3.62. The van der Waals surface area contributed by atoms with Gasteiger partial charge in [-0.25, -0.2) is 9.13 Å². The van der Waals surface area contributed by atoms with Gasteiger partial charge in [0.05, 0.1) is 0 Å². The molecule has 0 radical (unpaired) electrons. The van der Waals surface area contributed by atoms with Crippen LogP contribution in [-0.2, 0) is 6.54 Å². The van der Waals surface area contributed by atoms with E-state index < -0.39 is 0 Å². The molecule has 3 aromatic carbocycles. The number of furan rings is 1. The van der Waals surface area contributed by atoms with E-state index in [9.17, 15) is 0 Å². The van der Waals surface area contributed by atoms with Gasteiger partial charge in [0.15, 0.2) is 0 Å². The summed E-state index contributed by atoms with van der Waals surface area (Å²) in [7, 11) is 0. The fourth-order valence-electron chi connectivity index (χ4n) is 3.39. The Balaban J connectivity index is 0.00000205. The number of nitrogens with zero attached hydrogens (tertiary/aromatic N) is 2. The molecule has 5 heteroatoms. The first kappa shape index (κ1) is 19.7. The molecule has 144 valence electrons. The fraction of sp³-hybridized carbons (Fsp3) is 0.0417. The molecule has 2 heterocycles. The van der Waals surface area contributed by atoms with Crippen molar-refractivity contribution in [3.63, 3.8) is 0 Å². The largest absolute Gasteiger partial charge is 1.00 e. The van der Waals surface area contributed by atoms with E-state index in [1.54, 1.807) is 0 Å². The van der Waals surface area contributed by atoms with E-state index in [1.807, 2.05) is 24.3 Å². The SMILES string of the molecule is Brc1ccccc1C[n+]1ccn(-c2ccc(-c3cc4ccccc4o3)cc2)c1.[Br-]. The van der Waals surface area contributed by atoms with Crippen molar-refractivity contribution in [2.24, 2.45) is 0 Å². The van der Waals surface area contributed by atoms with Crippen molar-refractivity contribution >= 4 is 26.9 Å². The Kier molecular flexibility index (Phi) is 5.69. The molecular formula is C24H18Br2N2O. The van der Waals surface area contributed by atoms with E-state index in [0.29, 0.717) is 0 Å². The molecule has 5 aromatic rings. The minimum atomic E-state index is 0. The van der Waals surface area contributed by atoms with Gasteiger partial charge in [-0.3, -0.25) is 0 Å². The minimum absolute atomic E-state index is 0. The molecule has 0 unspecified atom stereocenters. The maximum atomic E-state index is 5.97. The summed E-state index contributed by atoms with van der Waals surface area (Å²) in [6.07, 6.45) is 6.27. The molecule has 0 saturated heterocycles. The van der Waals surface area contributed by atoms with Crippen LogP contribution in [0.5, 0.6) is 0 Å². The van der Waals surface area contributed by atoms with Crippen LogP contribution in [0.25, 0.3) is 28.0 Å². The summed E-state index contributed by atoms with van der Waals surface area (Å²) in [5.41, 5.74) is 4.37. The first-order valence-electron chi connectivity index (χ1n) is 9.16. The molecule has 2 aromatic heterocycles. The normalized spacial score (nSPS) is 10.8. The Morgan fingerprint density at radius 3 is 2.45 bits per heavy atom. The number of hydrogen-bond acceptors (Lipinski definition) is 1. The summed E-state index contributed by atoms with van der Waals surface area (Å²) in [4.78, 5) is 0. The van der Waals surface area contributed by atoms with Gasteiger partial charge in [0.25, 0.3) is 0 Å². The molecule has 0 aliphatic heterocycles. The second-order valence-corrected chi connectivity index (χ2v) is 7.63. The maximum Gasteiger partial charge on any atom is 0.249 e. The highest BCUT2D eigenvalue weighted by Crippen LogP contribution is 2.28. The Hall–Kier alpha value is -2.63. The van der Waals surface area contributed by atoms with E-state index in [1.165, 1.54) is 5.56 Å². The van der Waals surface area contributed by atoms with Gasteiger partial charge in [0.1, 0.15) is 36.0 Å². The van der Waals surface area contributed by atoms with Gasteiger partial charge in [0, 0.05) is 21.0 Å². The zero-order valence-electron chi connectivity index (χ0n) is 15.5. The number of halogens is 2. The molecule has 0 spiro atoms. The molecule has 3 nitrogen and oxygen atoms in total. The van der Waals surface area contributed by atoms with Crippen LogP contribution in [0.15, 0.2) is 106 Å². The predicted octanol–water partition coefficient (Wildman–Crippen LogP) is 2.99. The average molecular weight is 510 g/mol. The van der Waals surface area contributed by atoms with Crippen molar-refractivity contribution in [1.82, 2.24) is 4.57 Å². The van der Waals surface area contributed by atoms with Crippen molar-refractivity contribution < 1.29 is 26.0 Å². The number of para-hydroxylation sites is 1. The molecule has 0 atom stereocenters. The Morgan fingerprint density at radius 2 is 1.66 bits per heavy atom. The molecule has 0 saturated carbocycles. The van der Waals surface area contributed by atoms with Gasteiger partial charge in [-0.15, -0.1) is 0 Å². The van der Waals surface area contributed by atoms with Gasteiger partial charge >= 0.3 is 0 Å². The second kappa shape index (κ2) is 8.39. The van der Waals surface area contributed by atoms with Crippen LogP contribution in [0.3, 0.4) is 0 Å². The topological polar surface area (TPSA) is 21.9 Å². The molecule has 0 aliphatic carbocycles. The van der Waals surface area contributed by atoms with E-state index in [2.05, 4.69) is 98.4 Å². The van der Waals surface area contributed by atoms with E-state index in [4.69, 9.17) is 4.42 Å². The fourth-order valence-corrected chi connectivity index (χ4v) is 3.80. The predicted molar refractivity (Wildman–Crippen MR) is 114 cm³/mol. The number of rotatable bonds is 4. The van der Waals surface area contributed by atoms with Crippen LogP contribution < -0.4 is 21.5 Å². The highest BCUT2D eigenvalue weighted by molar-refractivity contribution is 9.10. The molecular weight excluding hydrogens is 492 g/mol. The second-order valence-electron chi connectivity index (χ2n) is 6.78. The summed E-state index contributed by atoms with van der Waals surface area (Å²) in [6.45, 7) is 0.825. The lowest BCUT2D eigenvalue weighted by atomic mass is 10.1. The summed E-state index contributed by atoms with van der Waals surface area (Å²) in [6, 6.07) is 26.9. The molecule has 29 heavy (non-hydrogen) atoms. The lowest BCUT2D eigenvalue weighted by molar-refractivity contribution is -0.687. The van der Waals surface area contributed by atoms with Crippen LogP contribution in [-0.4, -0.2) is 4.57 Å². The van der Waals surface area contributed by atoms with E-state index in [-0.39, 0.29) is 17.0 Å². The lowest BCUT2D eigenvalue weighted by Crippen LogP contribution is -3.00.